The van der Waals surface area contributed by atoms with Crippen LogP contribution in [0.1, 0.15) is 29.4 Å². The number of carbonyl (C=O) groups is 3. The standard InChI is InChI=1S/C15H20N2O4S/c1-2-21-14(19)6-5-13(18)16-7-9-17(10-8-16)15(20)12-4-3-11-22-12/h3-4,11H,2,5-10H2,1H3. The molecular weight excluding hydrogens is 304 g/mol. The second-order valence-corrected chi connectivity index (χ2v) is 5.90. The van der Waals surface area contributed by atoms with Crippen molar-refractivity contribution in [2.75, 3.05) is 32.8 Å². The molecule has 0 bridgehead atoms. The summed E-state index contributed by atoms with van der Waals surface area (Å²) >= 11 is 1.42. The molecule has 0 atom stereocenters. The monoisotopic (exact) mass is 324 g/mol. The molecule has 1 aromatic rings. The van der Waals surface area contributed by atoms with E-state index in [1.165, 1.54) is 11.3 Å². The smallest absolute Gasteiger partial charge is 0.306 e. The minimum atomic E-state index is -0.345. The Balaban J connectivity index is 1.76. The van der Waals surface area contributed by atoms with Crippen LogP contribution in [0.5, 0.6) is 0 Å². The van der Waals surface area contributed by atoms with E-state index >= 15 is 0 Å². The van der Waals surface area contributed by atoms with Gasteiger partial charge >= 0.3 is 5.97 Å². The molecule has 7 heteroatoms. The summed E-state index contributed by atoms with van der Waals surface area (Å²) < 4.78 is 4.81. The van der Waals surface area contributed by atoms with Crippen LogP contribution >= 0.6 is 11.3 Å². The SMILES string of the molecule is CCOC(=O)CCC(=O)N1CCN(C(=O)c2cccs2)CC1. The van der Waals surface area contributed by atoms with Crippen molar-refractivity contribution in [1.29, 1.82) is 0 Å². The average Bonchev–Trinajstić information content (AvgIpc) is 3.07. The Morgan fingerprint density at radius 1 is 1.14 bits per heavy atom. The molecule has 0 N–H and O–H groups in total. The van der Waals surface area contributed by atoms with E-state index in [4.69, 9.17) is 4.74 Å². The summed E-state index contributed by atoms with van der Waals surface area (Å²) in [7, 11) is 0. The number of esters is 1. The van der Waals surface area contributed by atoms with Crippen LogP contribution < -0.4 is 0 Å². The fourth-order valence-corrected chi connectivity index (χ4v) is 3.01. The number of hydrogen-bond donors (Lipinski definition) is 0. The molecule has 2 amide bonds. The van der Waals surface area contributed by atoms with E-state index in [0.29, 0.717) is 32.8 Å². The molecule has 0 aromatic carbocycles. The summed E-state index contributed by atoms with van der Waals surface area (Å²) in [5, 5.41) is 1.88. The van der Waals surface area contributed by atoms with E-state index < -0.39 is 0 Å². The van der Waals surface area contributed by atoms with Gasteiger partial charge in [0.05, 0.1) is 17.9 Å². The van der Waals surface area contributed by atoms with Crippen LogP contribution in [0.25, 0.3) is 0 Å². The highest BCUT2D eigenvalue weighted by molar-refractivity contribution is 7.12. The van der Waals surface area contributed by atoms with Gasteiger partial charge in [0.25, 0.3) is 5.91 Å². The molecule has 6 nitrogen and oxygen atoms in total. The van der Waals surface area contributed by atoms with E-state index in [-0.39, 0.29) is 30.6 Å². The summed E-state index contributed by atoms with van der Waals surface area (Å²) in [5.74, 6) is -0.382. The highest BCUT2D eigenvalue weighted by atomic mass is 32.1. The lowest BCUT2D eigenvalue weighted by Gasteiger charge is -2.34. The molecule has 0 aliphatic carbocycles. The van der Waals surface area contributed by atoms with Crippen molar-refractivity contribution >= 4 is 29.1 Å². The number of ether oxygens (including phenoxy) is 1. The Morgan fingerprint density at radius 2 is 1.82 bits per heavy atom. The molecule has 120 valence electrons. The number of piperazine rings is 1. The molecule has 0 unspecified atom stereocenters. The van der Waals surface area contributed by atoms with Crippen molar-refractivity contribution in [3.05, 3.63) is 22.4 Å². The summed E-state index contributed by atoms with van der Waals surface area (Å²) in [6.07, 6.45) is 0.277. The van der Waals surface area contributed by atoms with Gasteiger partial charge in [-0.05, 0) is 18.4 Å². The summed E-state index contributed by atoms with van der Waals surface area (Å²) in [6.45, 7) is 4.15. The van der Waals surface area contributed by atoms with Crippen LogP contribution in [0.3, 0.4) is 0 Å². The predicted octanol–water partition coefficient (Wildman–Crippen LogP) is 1.38. The minimum Gasteiger partial charge on any atom is -0.466 e. The fourth-order valence-electron chi connectivity index (χ4n) is 2.32. The highest BCUT2D eigenvalue weighted by Crippen LogP contribution is 2.14. The average molecular weight is 324 g/mol. The lowest BCUT2D eigenvalue weighted by atomic mass is 10.2. The fraction of sp³-hybridized carbons (Fsp3) is 0.533. The molecule has 1 saturated heterocycles. The normalized spacial score (nSPS) is 14.8. The number of amides is 2. The van der Waals surface area contributed by atoms with Crippen LogP contribution in [0.4, 0.5) is 0 Å². The summed E-state index contributed by atoms with van der Waals surface area (Å²) in [5.41, 5.74) is 0. The second kappa shape index (κ2) is 7.93. The van der Waals surface area contributed by atoms with Gasteiger partial charge in [-0.25, -0.2) is 0 Å². The minimum absolute atomic E-state index is 0.0219. The number of hydrogen-bond acceptors (Lipinski definition) is 5. The Kier molecular flexibility index (Phi) is 5.94. The van der Waals surface area contributed by atoms with E-state index in [0.717, 1.165) is 4.88 Å². The van der Waals surface area contributed by atoms with Crippen LogP contribution in [-0.2, 0) is 14.3 Å². The van der Waals surface area contributed by atoms with Gasteiger partial charge in [0.1, 0.15) is 0 Å². The number of nitrogens with zero attached hydrogens (tertiary/aromatic N) is 2. The molecule has 2 heterocycles. The van der Waals surface area contributed by atoms with Gasteiger partial charge in [-0.3, -0.25) is 14.4 Å². The van der Waals surface area contributed by atoms with Gasteiger partial charge in [-0.2, -0.15) is 0 Å². The van der Waals surface area contributed by atoms with Crippen LogP contribution in [0, 0.1) is 0 Å². The number of rotatable bonds is 5. The number of carbonyl (C=O) groups excluding carboxylic acids is 3. The van der Waals surface area contributed by atoms with Crippen molar-refractivity contribution in [2.45, 2.75) is 19.8 Å². The quantitative estimate of drug-likeness (QED) is 0.767. The van der Waals surface area contributed by atoms with E-state index in [1.54, 1.807) is 16.7 Å². The summed E-state index contributed by atoms with van der Waals surface area (Å²) in [4.78, 5) is 39.7. The number of thiophene rings is 1. The molecule has 1 aliphatic heterocycles. The first-order chi connectivity index (χ1) is 10.6. The van der Waals surface area contributed by atoms with Crippen molar-refractivity contribution in [2.24, 2.45) is 0 Å². The van der Waals surface area contributed by atoms with Crippen LogP contribution in [0.15, 0.2) is 17.5 Å². The van der Waals surface area contributed by atoms with Gasteiger partial charge in [-0.15, -0.1) is 11.3 Å². The molecule has 2 rings (SSSR count). The maximum atomic E-state index is 12.2. The van der Waals surface area contributed by atoms with E-state index in [1.807, 2.05) is 17.5 Å². The highest BCUT2D eigenvalue weighted by Gasteiger charge is 2.25. The van der Waals surface area contributed by atoms with Gasteiger partial charge in [0.15, 0.2) is 0 Å². The first kappa shape index (κ1) is 16.5. The van der Waals surface area contributed by atoms with Crippen LogP contribution in [0.2, 0.25) is 0 Å². The zero-order valence-corrected chi connectivity index (χ0v) is 13.4. The molecule has 1 aliphatic rings. The Hall–Kier alpha value is -1.89. The maximum Gasteiger partial charge on any atom is 0.306 e. The molecule has 0 spiro atoms. The Labute approximate surface area is 133 Å². The first-order valence-electron chi connectivity index (χ1n) is 7.38. The van der Waals surface area contributed by atoms with Crippen molar-refractivity contribution in [3.63, 3.8) is 0 Å². The molecule has 22 heavy (non-hydrogen) atoms. The van der Waals surface area contributed by atoms with Gasteiger partial charge < -0.3 is 14.5 Å². The zero-order valence-electron chi connectivity index (χ0n) is 12.6. The third-order valence-corrected chi connectivity index (χ3v) is 4.36. The zero-order chi connectivity index (χ0) is 15.9. The molecule has 1 aromatic heterocycles. The lowest BCUT2D eigenvalue weighted by Crippen LogP contribution is -2.50. The van der Waals surface area contributed by atoms with Gasteiger partial charge in [-0.1, -0.05) is 6.07 Å². The third kappa shape index (κ3) is 4.30. The molecular formula is C15H20N2O4S. The third-order valence-electron chi connectivity index (χ3n) is 3.50. The predicted molar refractivity (Wildman–Crippen MR) is 82.7 cm³/mol. The molecule has 0 saturated carbocycles. The lowest BCUT2D eigenvalue weighted by molar-refractivity contribution is -0.146. The Bertz CT molecular complexity index is 522. The van der Waals surface area contributed by atoms with Gasteiger partial charge in [0, 0.05) is 32.6 Å². The van der Waals surface area contributed by atoms with E-state index in [2.05, 4.69) is 0 Å². The van der Waals surface area contributed by atoms with Crippen molar-refractivity contribution in [3.8, 4) is 0 Å². The maximum absolute atomic E-state index is 12.2. The van der Waals surface area contributed by atoms with Crippen molar-refractivity contribution in [1.82, 2.24) is 9.80 Å². The van der Waals surface area contributed by atoms with Crippen LogP contribution in [-0.4, -0.2) is 60.4 Å². The van der Waals surface area contributed by atoms with Gasteiger partial charge in [0.2, 0.25) is 5.91 Å². The molecule has 1 fully saturated rings. The van der Waals surface area contributed by atoms with Crippen molar-refractivity contribution < 1.29 is 19.1 Å². The Morgan fingerprint density at radius 3 is 2.41 bits per heavy atom. The topological polar surface area (TPSA) is 66.9 Å². The summed E-state index contributed by atoms with van der Waals surface area (Å²) in [6, 6.07) is 3.66. The molecule has 0 radical (unpaired) electrons. The first-order valence-corrected chi connectivity index (χ1v) is 8.26. The van der Waals surface area contributed by atoms with E-state index in [9.17, 15) is 14.4 Å². The second-order valence-electron chi connectivity index (χ2n) is 4.96. The largest absolute Gasteiger partial charge is 0.466 e.